The second-order valence-electron chi connectivity index (χ2n) is 4.10. The smallest absolute Gasteiger partial charge is 0.0277 e. The minimum atomic E-state index is 0.369. The average Bonchev–Trinajstić information content (AvgIpc) is 1.95. The fraction of sp³-hybridized carbons (Fsp3) is 1.00. The van der Waals surface area contributed by atoms with Crippen molar-refractivity contribution in [2.24, 2.45) is 0 Å². The molecule has 11 heavy (non-hydrogen) atoms. The van der Waals surface area contributed by atoms with Crippen LogP contribution in [0.4, 0.5) is 0 Å². The number of nitrogens with zero attached hydrogens (tertiary/aromatic N) is 2. The Morgan fingerprint density at radius 2 is 1.91 bits per heavy atom. The van der Waals surface area contributed by atoms with Crippen LogP contribution in [0.25, 0.3) is 0 Å². The summed E-state index contributed by atoms with van der Waals surface area (Å²) in [6, 6.07) is 0. The third-order valence-corrected chi connectivity index (χ3v) is 2.84. The molecular weight excluding hydrogens is 136 g/mol. The molecule has 0 amide bonds. The largest absolute Gasteiger partial charge is 0.301 e. The molecule has 0 bridgehead atoms. The lowest BCUT2D eigenvalue weighted by molar-refractivity contribution is 0.0430. The number of hydrogen-bond donors (Lipinski definition) is 0. The van der Waals surface area contributed by atoms with Crippen LogP contribution in [0.1, 0.15) is 20.8 Å². The zero-order chi connectivity index (χ0) is 8.48. The Hall–Kier alpha value is -0.0800. The van der Waals surface area contributed by atoms with Crippen LogP contribution in [0, 0.1) is 0 Å². The summed E-state index contributed by atoms with van der Waals surface area (Å²) in [5, 5.41) is 0. The summed E-state index contributed by atoms with van der Waals surface area (Å²) >= 11 is 0. The van der Waals surface area contributed by atoms with Crippen LogP contribution >= 0.6 is 0 Å². The van der Waals surface area contributed by atoms with E-state index < -0.39 is 0 Å². The van der Waals surface area contributed by atoms with E-state index in [4.69, 9.17) is 0 Å². The van der Waals surface area contributed by atoms with Gasteiger partial charge < -0.3 is 4.90 Å². The van der Waals surface area contributed by atoms with Gasteiger partial charge in [0.05, 0.1) is 0 Å². The molecule has 2 nitrogen and oxygen atoms in total. The van der Waals surface area contributed by atoms with Crippen LogP contribution in [0.3, 0.4) is 0 Å². The molecule has 1 heterocycles. The molecule has 0 aromatic carbocycles. The van der Waals surface area contributed by atoms with Gasteiger partial charge in [0, 0.05) is 25.2 Å². The molecule has 66 valence electrons. The van der Waals surface area contributed by atoms with E-state index in [-0.39, 0.29) is 0 Å². The van der Waals surface area contributed by atoms with Gasteiger partial charge in [-0.1, -0.05) is 6.92 Å². The predicted molar refractivity (Wildman–Crippen MR) is 48.8 cm³/mol. The summed E-state index contributed by atoms with van der Waals surface area (Å²) in [5.41, 5.74) is 0.369. The van der Waals surface area contributed by atoms with Gasteiger partial charge in [0.15, 0.2) is 0 Å². The highest BCUT2D eigenvalue weighted by Gasteiger charge is 2.29. The minimum Gasteiger partial charge on any atom is -0.301 e. The van der Waals surface area contributed by atoms with E-state index in [1.54, 1.807) is 0 Å². The Bertz CT molecular complexity index is 132. The summed E-state index contributed by atoms with van der Waals surface area (Å²) in [4.78, 5) is 4.96. The Morgan fingerprint density at radius 1 is 1.27 bits per heavy atom. The van der Waals surface area contributed by atoms with Crippen molar-refractivity contribution in [1.82, 2.24) is 9.80 Å². The fourth-order valence-electron chi connectivity index (χ4n) is 1.61. The highest BCUT2D eigenvalue weighted by molar-refractivity contribution is 4.87. The van der Waals surface area contributed by atoms with Gasteiger partial charge in [0.2, 0.25) is 0 Å². The molecule has 0 N–H and O–H groups in total. The van der Waals surface area contributed by atoms with Gasteiger partial charge in [0.1, 0.15) is 0 Å². The Kier molecular flexibility index (Phi) is 2.55. The molecule has 0 saturated carbocycles. The van der Waals surface area contributed by atoms with Crippen LogP contribution in [0.5, 0.6) is 0 Å². The lowest BCUT2D eigenvalue weighted by atomic mass is 10.00. The first-order valence-corrected chi connectivity index (χ1v) is 4.50. The van der Waals surface area contributed by atoms with Crippen molar-refractivity contribution in [3.8, 4) is 0 Å². The van der Waals surface area contributed by atoms with Gasteiger partial charge in [-0.25, -0.2) is 0 Å². The monoisotopic (exact) mass is 156 g/mol. The molecule has 0 aromatic heterocycles. The maximum absolute atomic E-state index is 2.51. The van der Waals surface area contributed by atoms with Gasteiger partial charge in [-0.2, -0.15) is 0 Å². The number of rotatable bonds is 1. The van der Waals surface area contributed by atoms with Crippen molar-refractivity contribution >= 4 is 0 Å². The number of hydrogen-bond acceptors (Lipinski definition) is 2. The zero-order valence-electron chi connectivity index (χ0n) is 8.22. The molecule has 1 fully saturated rings. The minimum absolute atomic E-state index is 0.369. The summed E-state index contributed by atoms with van der Waals surface area (Å²) in [5.74, 6) is 0. The van der Waals surface area contributed by atoms with E-state index in [2.05, 4.69) is 37.6 Å². The van der Waals surface area contributed by atoms with Crippen molar-refractivity contribution in [2.75, 3.05) is 33.2 Å². The highest BCUT2D eigenvalue weighted by Crippen LogP contribution is 2.17. The summed E-state index contributed by atoms with van der Waals surface area (Å²) < 4.78 is 0. The van der Waals surface area contributed by atoms with E-state index >= 15 is 0 Å². The lowest BCUT2D eigenvalue weighted by Crippen LogP contribution is -2.57. The molecule has 0 aromatic rings. The van der Waals surface area contributed by atoms with Gasteiger partial charge in [-0.3, -0.25) is 4.90 Å². The van der Waals surface area contributed by atoms with E-state index in [9.17, 15) is 0 Å². The average molecular weight is 156 g/mol. The van der Waals surface area contributed by atoms with Gasteiger partial charge in [0.25, 0.3) is 0 Å². The van der Waals surface area contributed by atoms with Crippen molar-refractivity contribution in [2.45, 2.75) is 26.3 Å². The number of likely N-dealkylation sites (N-methyl/N-ethyl adjacent to an activating group) is 2. The standard InChI is InChI=1S/C9H20N2/c1-5-11-7-6-10(4)9(2,3)8-11/h5-8H2,1-4H3. The summed E-state index contributed by atoms with van der Waals surface area (Å²) in [6.45, 7) is 11.7. The fourth-order valence-corrected chi connectivity index (χ4v) is 1.61. The Labute approximate surface area is 70.2 Å². The van der Waals surface area contributed by atoms with Gasteiger partial charge in [-0.05, 0) is 27.4 Å². The molecule has 1 rings (SSSR count). The SMILES string of the molecule is CCN1CCN(C)C(C)(C)C1. The topological polar surface area (TPSA) is 6.48 Å². The summed E-state index contributed by atoms with van der Waals surface area (Å²) in [7, 11) is 2.22. The maximum Gasteiger partial charge on any atom is 0.0277 e. The first kappa shape index (κ1) is 9.01. The Morgan fingerprint density at radius 3 is 2.36 bits per heavy atom. The van der Waals surface area contributed by atoms with Crippen LogP contribution < -0.4 is 0 Å². The first-order valence-electron chi connectivity index (χ1n) is 4.50. The van der Waals surface area contributed by atoms with Crippen molar-refractivity contribution in [3.05, 3.63) is 0 Å². The predicted octanol–water partition coefficient (Wildman–Crippen LogP) is 1.03. The van der Waals surface area contributed by atoms with E-state index in [1.807, 2.05) is 0 Å². The molecule has 0 spiro atoms. The van der Waals surface area contributed by atoms with Crippen molar-refractivity contribution in [3.63, 3.8) is 0 Å². The normalized spacial score (nSPS) is 27.3. The molecule has 0 atom stereocenters. The molecule has 0 aliphatic carbocycles. The second-order valence-corrected chi connectivity index (χ2v) is 4.10. The van der Waals surface area contributed by atoms with Crippen molar-refractivity contribution < 1.29 is 0 Å². The van der Waals surface area contributed by atoms with E-state index in [1.165, 1.54) is 26.2 Å². The van der Waals surface area contributed by atoms with Crippen LogP contribution in [-0.2, 0) is 0 Å². The molecule has 1 saturated heterocycles. The van der Waals surface area contributed by atoms with Gasteiger partial charge >= 0.3 is 0 Å². The Balaban J connectivity index is 2.52. The third-order valence-electron chi connectivity index (χ3n) is 2.84. The van der Waals surface area contributed by atoms with E-state index in [0.29, 0.717) is 5.54 Å². The lowest BCUT2D eigenvalue weighted by Gasteiger charge is -2.45. The molecule has 2 heteroatoms. The maximum atomic E-state index is 2.51. The highest BCUT2D eigenvalue weighted by atomic mass is 15.3. The molecule has 0 radical (unpaired) electrons. The number of piperazine rings is 1. The second kappa shape index (κ2) is 3.11. The summed E-state index contributed by atoms with van der Waals surface area (Å²) in [6.07, 6.45) is 0. The molecule has 1 aliphatic heterocycles. The van der Waals surface area contributed by atoms with Gasteiger partial charge in [-0.15, -0.1) is 0 Å². The van der Waals surface area contributed by atoms with Crippen LogP contribution in [0.15, 0.2) is 0 Å². The van der Waals surface area contributed by atoms with Crippen LogP contribution in [-0.4, -0.2) is 48.6 Å². The molecule has 1 aliphatic rings. The van der Waals surface area contributed by atoms with Crippen LogP contribution in [0.2, 0.25) is 0 Å². The quantitative estimate of drug-likeness (QED) is 0.559. The first-order chi connectivity index (χ1) is 5.06. The van der Waals surface area contributed by atoms with Crippen molar-refractivity contribution in [1.29, 1.82) is 0 Å². The molecular formula is C9H20N2. The molecule has 0 unspecified atom stereocenters. The zero-order valence-corrected chi connectivity index (χ0v) is 8.22. The third kappa shape index (κ3) is 1.94. The van der Waals surface area contributed by atoms with E-state index in [0.717, 1.165) is 0 Å².